The summed E-state index contributed by atoms with van der Waals surface area (Å²) in [5.74, 6) is 0.574. The third-order valence-electron chi connectivity index (χ3n) is 8.86. The number of piperidine rings is 1. The summed E-state index contributed by atoms with van der Waals surface area (Å²) in [6.07, 6.45) is 6.43. The first-order valence-corrected chi connectivity index (χ1v) is 15.4. The molecule has 1 saturated heterocycles. The van der Waals surface area contributed by atoms with Gasteiger partial charge in [0, 0.05) is 49.0 Å². The number of unbranched alkanes of at least 4 members (excludes halogenated alkanes) is 1. The third-order valence-corrected chi connectivity index (χ3v) is 8.86. The zero-order valence-electron chi connectivity index (χ0n) is 25.6. The quantitative estimate of drug-likeness (QED) is 0.292. The number of carboxylic acids is 1. The Bertz CT molecular complexity index is 1330. The van der Waals surface area contributed by atoms with Gasteiger partial charge < -0.3 is 19.5 Å². The van der Waals surface area contributed by atoms with Crippen LogP contribution < -0.4 is 10.3 Å². The second-order valence-electron chi connectivity index (χ2n) is 11.6. The maximum absolute atomic E-state index is 13.9. The van der Waals surface area contributed by atoms with E-state index in [4.69, 9.17) is 19.6 Å². The van der Waals surface area contributed by atoms with Gasteiger partial charge in [0.15, 0.2) is 0 Å². The second-order valence-corrected chi connectivity index (χ2v) is 11.6. The van der Waals surface area contributed by atoms with Gasteiger partial charge in [-0.2, -0.15) is 0 Å². The average molecular weight is 584 g/mol. The summed E-state index contributed by atoms with van der Waals surface area (Å²) in [6, 6.07) is 4.83. The van der Waals surface area contributed by atoms with Crippen LogP contribution >= 0.6 is 0 Å². The van der Waals surface area contributed by atoms with E-state index in [2.05, 4.69) is 18.7 Å². The molecule has 0 bridgehead atoms. The molecule has 0 saturated carbocycles. The van der Waals surface area contributed by atoms with Crippen molar-refractivity contribution in [1.29, 1.82) is 0 Å². The van der Waals surface area contributed by atoms with Crippen LogP contribution in [0.2, 0.25) is 0 Å². The van der Waals surface area contributed by atoms with Crippen LogP contribution in [0, 0.1) is 18.7 Å². The number of likely N-dealkylation sites (tertiary alicyclic amines) is 1. The van der Waals surface area contributed by atoms with Crippen LogP contribution in [0.15, 0.2) is 28.6 Å². The summed E-state index contributed by atoms with van der Waals surface area (Å²) >= 11 is 0. The summed E-state index contributed by atoms with van der Waals surface area (Å²) < 4.78 is 27.3. The monoisotopic (exact) mass is 583 g/mol. The van der Waals surface area contributed by atoms with Crippen LogP contribution in [0.5, 0.6) is 5.75 Å². The highest BCUT2D eigenvalue weighted by atomic mass is 19.1. The number of allylic oxidation sites excluding steroid dienone is 2. The zero-order chi connectivity index (χ0) is 30.2. The number of hydrogen-bond acceptors (Lipinski definition) is 6. The number of aryl methyl sites for hydroxylation is 1. The number of rotatable bonds is 13. The molecule has 0 aliphatic carbocycles. The fourth-order valence-corrected chi connectivity index (χ4v) is 6.39. The molecule has 2 aromatic rings. The van der Waals surface area contributed by atoms with Crippen LogP contribution in [-0.2, 0) is 22.5 Å². The number of hydrogen-bond donors (Lipinski definition) is 1. The Morgan fingerprint density at radius 1 is 1.17 bits per heavy atom. The van der Waals surface area contributed by atoms with Crippen molar-refractivity contribution < 1.29 is 23.8 Å². The maximum atomic E-state index is 13.9. The van der Waals surface area contributed by atoms with Crippen molar-refractivity contribution in [1.82, 2.24) is 14.5 Å². The zero-order valence-corrected chi connectivity index (χ0v) is 25.6. The van der Waals surface area contributed by atoms with Crippen LogP contribution in [0.25, 0.3) is 5.57 Å². The van der Waals surface area contributed by atoms with Crippen molar-refractivity contribution in [3.05, 3.63) is 62.6 Å². The molecule has 0 spiro atoms. The molecular formula is C33H46FN3O5. The Hall–Kier alpha value is -3.04. The molecule has 230 valence electrons. The number of ether oxygens (including phenoxy) is 2. The SMILES string of the molecule is CCC(C)=C(c1ccc(F)cc1OC)C1CCN(CCc2c(C)nc3n(c2=O)CCCC3OCCCCC(=O)O)CC1. The fourth-order valence-electron chi connectivity index (χ4n) is 6.39. The van der Waals surface area contributed by atoms with Crippen molar-refractivity contribution in [3.8, 4) is 5.75 Å². The van der Waals surface area contributed by atoms with Gasteiger partial charge in [-0.15, -0.1) is 0 Å². The first-order chi connectivity index (χ1) is 20.2. The minimum absolute atomic E-state index is 0.0405. The number of nitrogens with zero attached hydrogens (tertiary/aromatic N) is 3. The van der Waals surface area contributed by atoms with E-state index < -0.39 is 5.97 Å². The Labute approximate surface area is 248 Å². The summed E-state index contributed by atoms with van der Waals surface area (Å²) in [7, 11) is 1.60. The first kappa shape index (κ1) is 31.9. The van der Waals surface area contributed by atoms with Gasteiger partial charge in [-0.1, -0.05) is 12.5 Å². The van der Waals surface area contributed by atoms with Gasteiger partial charge in [0.2, 0.25) is 0 Å². The van der Waals surface area contributed by atoms with E-state index >= 15 is 0 Å². The first-order valence-electron chi connectivity index (χ1n) is 15.4. The topological polar surface area (TPSA) is 93.9 Å². The van der Waals surface area contributed by atoms with Crippen molar-refractivity contribution in [3.63, 3.8) is 0 Å². The van der Waals surface area contributed by atoms with E-state index in [0.717, 1.165) is 68.6 Å². The number of methoxy groups -OCH3 is 1. The lowest BCUT2D eigenvalue weighted by molar-refractivity contribution is -0.137. The molecule has 4 rings (SSSR count). The molecule has 9 heteroatoms. The third kappa shape index (κ3) is 7.67. The highest BCUT2D eigenvalue weighted by molar-refractivity contribution is 5.74. The minimum Gasteiger partial charge on any atom is -0.496 e. The van der Waals surface area contributed by atoms with Crippen molar-refractivity contribution in [2.45, 2.75) is 91.2 Å². The Morgan fingerprint density at radius 2 is 1.93 bits per heavy atom. The van der Waals surface area contributed by atoms with Crippen LogP contribution in [0.4, 0.5) is 4.39 Å². The molecule has 2 aliphatic heterocycles. The predicted molar refractivity (Wildman–Crippen MR) is 161 cm³/mol. The van der Waals surface area contributed by atoms with E-state index in [1.807, 2.05) is 13.0 Å². The Kier molecular flexibility index (Phi) is 11.3. The van der Waals surface area contributed by atoms with E-state index in [1.165, 1.54) is 23.3 Å². The average Bonchev–Trinajstić information content (AvgIpc) is 2.98. The summed E-state index contributed by atoms with van der Waals surface area (Å²) in [6.45, 7) is 10.0. The molecule has 1 N–H and O–H groups in total. The summed E-state index contributed by atoms with van der Waals surface area (Å²) in [4.78, 5) is 31.6. The van der Waals surface area contributed by atoms with Gasteiger partial charge in [0.05, 0.1) is 7.11 Å². The van der Waals surface area contributed by atoms with Gasteiger partial charge in [0.25, 0.3) is 5.56 Å². The van der Waals surface area contributed by atoms with Crippen LogP contribution in [-0.4, -0.2) is 58.9 Å². The normalized spacial score (nSPS) is 18.5. The smallest absolute Gasteiger partial charge is 0.303 e. The van der Waals surface area contributed by atoms with Crippen LogP contribution in [0.3, 0.4) is 0 Å². The van der Waals surface area contributed by atoms with E-state index in [-0.39, 0.29) is 23.9 Å². The fraction of sp³-hybridized carbons (Fsp3) is 0.606. The lowest BCUT2D eigenvalue weighted by atomic mass is 9.81. The minimum atomic E-state index is -0.794. The van der Waals surface area contributed by atoms with Crippen molar-refractivity contribution >= 4 is 11.5 Å². The van der Waals surface area contributed by atoms with Crippen LogP contribution in [0.1, 0.15) is 94.0 Å². The summed E-state index contributed by atoms with van der Waals surface area (Å²) in [5, 5.41) is 8.83. The Balaban J connectivity index is 1.38. The molecule has 1 aromatic heterocycles. The molecule has 1 atom stereocenters. The van der Waals surface area contributed by atoms with Crippen molar-refractivity contribution in [2.75, 3.05) is 33.4 Å². The molecule has 1 unspecified atom stereocenters. The maximum Gasteiger partial charge on any atom is 0.303 e. The highest BCUT2D eigenvalue weighted by Gasteiger charge is 2.28. The number of halogens is 1. The number of carboxylic acid groups (broad SMARTS) is 1. The van der Waals surface area contributed by atoms with E-state index in [1.54, 1.807) is 11.7 Å². The summed E-state index contributed by atoms with van der Waals surface area (Å²) in [5.41, 5.74) is 5.17. The van der Waals surface area contributed by atoms with Gasteiger partial charge in [-0.05, 0) is 102 Å². The van der Waals surface area contributed by atoms with E-state index in [9.17, 15) is 14.0 Å². The van der Waals surface area contributed by atoms with Gasteiger partial charge in [0.1, 0.15) is 23.5 Å². The lowest BCUT2D eigenvalue weighted by Gasteiger charge is -2.34. The number of aliphatic carboxylic acids is 1. The van der Waals surface area contributed by atoms with Crippen molar-refractivity contribution in [2.24, 2.45) is 5.92 Å². The molecular weight excluding hydrogens is 537 g/mol. The number of benzene rings is 1. The molecule has 1 aromatic carbocycles. The second kappa shape index (κ2) is 14.9. The molecule has 8 nitrogen and oxygen atoms in total. The number of fused-ring (bicyclic) bond motifs is 1. The molecule has 0 radical (unpaired) electrons. The molecule has 1 fully saturated rings. The molecule has 3 heterocycles. The van der Waals surface area contributed by atoms with Gasteiger partial charge in [-0.3, -0.25) is 14.2 Å². The Morgan fingerprint density at radius 3 is 2.62 bits per heavy atom. The van der Waals surface area contributed by atoms with E-state index in [0.29, 0.717) is 49.9 Å². The predicted octanol–water partition coefficient (Wildman–Crippen LogP) is 5.94. The van der Waals surface area contributed by atoms with Gasteiger partial charge in [-0.25, -0.2) is 9.37 Å². The highest BCUT2D eigenvalue weighted by Crippen LogP contribution is 2.39. The number of carbonyl (C=O) groups is 1. The van der Waals surface area contributed by atoms with Gasteiger partial charge >= 0.3 is 5.97 Å². The molecule has 2 aliphatic rings. The number of aromatic nitrogens is 2. The largest absolute Gasteiger partial charge is 0.496 e. The standard InChI is InChI=1S/C33H46FN3O5/c1-5-22(2)31(27-12-11-25(34)21-29(27)41-4)24-13-17-36(18-14-24)19-15-26-23(3)35-32-28(9-8-16-37(32)33(26)40)42-20-7-6-10-30(38)39/h11-12,21,24,28H,5-10,13-20H2,1-4H3,(H,38,39). The lowest BCUT2D eigenvalue weighted by Crippen LogP contribution is -2.38. The molecule has 42 heavy (non-hydrogen) atoms. The molecule has 0 amide bonds.